The van der Waals surface area contributed by atoms with Crippen molar-refractivity contribution >= 4 is 15.9 Å². The minimum absolute atomic E-state index is 0.0822. The van der Waals surface area contributed by atoms with Crippen LogP contribution in [-0.4, -0.2) is 33.1 Å². The lowest BCUT2D eigenvalue weighted by molar-refractivity contribution is -0.123. The van der Waals surface area contributed by atoms with Gasteiger partial charge in [0.15, 0.2) is 6.61 Å². The van der Waals surface area contributed by atoms with Crippen LogP contribution in [0.15, 0.2) is 34.9 Å². The number of sulfonamides is 1. The lowest BCUT2D eigenvalue weighted by atomic mass is 10.1. The Balaban J connectivity index is 1.78. The van der Waals surface area contributed by atoms with Gasteiger partial charge in [-0.15, -0.1) is 0 Å². The van der Waals surface area contributed by atoms with Crippen LogP contribution >= 0.6 is 0 Å². The van der Waals surface area contributed by atoms with Crippen LogP contribution in [0.25, 0.3) is 0 Å². The highest BCUT2D eigenvalue weighted by Crippen LogP contribution is 2.10. The van der Waals surface area contributed by atoms with E-state index in [-0.39, 0.29) is 24.1 Å². The fourth-order valence-corrected chi connectivity index (χ4v) is 2.62. The number of nitrogens with zero attached hydrogens (tertiary/aromatic N) is 1. The second-order valence-corrected chi connectivity index (χ2v) is 7.05. The maximum atomic E-state index is 11.7. The smallest absolute Gasteiger partial charge is 0.258 e. The van der Waals surface area contributed by atoms with Crippen molar-refractivity contribution in [1.82, 2.24) is 15.2 Å². The molecule has 0 fully saturated rings. The number of benzene rings is 1. The zero-order chi connectivity index (χ0) is 17.6. The Labute approximate surface area is 140 Å². The topological polar surface area (TPSA) is 111 Å². The van der Waals surface area contributed by atoms with Gasteiger partial charge in [0.05, 0.1) is 5.75 Å². The van der Waals surface area contributed by atoms with Crippen LogP contribution in [-0.2, 0) is 27.1 Å². The van der Waals surface area contributed by atoms with E-state index in [1.807, 2.05) is 0 Å². The second-order valence-electron chi connectivity index (χ2n) is 5.12. The summed E-state index contributed by atoms with van der Waals surface area (Å²) in [5.74, 6) is 0.488. The molecule has 130 valence electrons. The number of hydrogen-bond donors (Lipinski definition) is 2. The number of ether oxygens (including phenoxy) is 1. The maximum absolute atomic E-state index is 11.7. The van der Waals surface area contributed by atoms with E-state index < -0.39 is 10.0 Å². The lowest BCUT2D eigenvalue weighted by Crippen LogP contribution is -2.28. The van der Waals surface area contributed by atoms with Crippen LogP contribution in [0, 0.1) is 6.92 Å². The predicted molar refractivity (Wildman–Crippen MR) is 86.7 cm³/mol. The van der Waals surface area contributed by atoms with Crippen molar-refractivity contribution in [1.29, 1.82) is 0 Å². The molecular formula is C15H19N3O5S. The molecular weight excluding hydrogens is 334 g/mol. The first kappa shape index (κ1) is 18.0. The van der Waals surface area contributed by atoms with Crippen molar-refractivity contribution in [2.45, 2.75) is 19.2 Å². The first-order valence-electron chi connectivity index (χ1n) is 7.20. The first-order valence-corrected chi connectivity index (χ1v) is 8.85. The second kappa shape index (κ2) is 7.93. The number of aryl methyl sites for hydroxylation is 1. The molecule has 1 aromatic heterocycles. The quantitative estimate of drug-likeness (QED) is 0.724. The van der Waals surface area contributed by atoms with E-state index in [0.29, 0.717) is 17.9 Å². The van der Waals surface area contributed by atoms with Crippen molar-refractivity contribution in [3.8, 4) is 5.88 Å². The highest BCUT2D eigenvalue weighted by atomic mass is 32.2. The zero-order valence-electron chi connectivity index (χ0n) is 13.4. The van der Waals surface area contributed by atoms with E-state index >= 15 is 0 Å². The van der Waals surface area contributed by atoms with E-state index in [1.54, 1.807) is 37.3 Å². The number of carbonyl (C=O) groups excluding carboxylic acids is 1. The molecule has 1 amide bonds. The number of aromatic nitrogens is 1. The van der Waals surface area contributed by atoms with E-state index in [0.717, 1.165) is 5.56 Å². The number of rotatable bonds is 8. The molecule has 8 nitrogen and oxygen atoms in total. The van der Waals surface area contributed by atoms with Crippen LogP contribution in [0.1, 0.15) is 16.9 Å². The van der Waals surface area contributed by atoms with Gasteiger partial charge in [0.1, 0.15) is 5.76 Å². The van der Waals surface area contributed by atoms with E-state index in [9.17, 15) is 13.2 Å². The summed E-state index contributed by atoms with van der Waals surface area (Å²) in [5, 5.41) is 6.32. The molecule has 0 aliphatic carbocycles. The molecule has 0 radical (unpaired) electrons. The number of carbonyl (C=O) groups is 1. The summed E-state index contributed by atoms with van der Waals surface area (Å²) < 4.78 is 35.2. The number of hydrogen-bond acceptors (Lipinski definition) is 6. The van der Waals surface area contributed by atoms with Crippen LogP contribution in [0.5, 0.6) is 5.88 Å². The van der Waals surface area contributed by atoms with Gasteiger partial charge in [0, 0.05) is 12.6 Å². The van der Waals surface area contributed by atoms with Crippen molar-refractivity contribution in [3.05, 3.63) is 47.2 Å². The maximum Gasteiger partial charge on any atom is 0.258 e. The summed E-state index contributed by atoms with van der Waals surface area (Å²) in [5.41, 5.74) is 1.52. The van der Waals surface area contributed by atoms with E-state index in [1.165, 1.54) is 7.05 Å². The van der Waals surface area contributed by atoms with E-state index in [4.69, 9.17) is 9.26 Å². The molecule has 0 bridgehead atoms. The Hall–Kier alpha value is -2.39. The highest BCUT2D eigenvalue weighted by Gasteiger charge is 2.09. The molecule has 0 atom stereocenters. The largest absolute Gasteiger partial charge is 0.465 e. The van der Waals surface area contributed by atoms with Crippen LogP contribution < -0.4 is 14.8 Å². The Bertz CT molecular complexity index is 784. The summed E-state index contributed by atoms with van der Waals surface area (Å²) in [7, 11) is -1.92. The normalized spacial score (nSPS) is 11.2. The van der Waals surface area contributed by atoms with Gasteiger partial charge in [-0.2, -0.15) is 0 Å². The standard InChI is InChI=1S/C15H19N3O5S/c1-11-7-15(18-23-11)22-9-14(19)17-8-12-3-5-13(6-4-12)10-24(20,21)16-2/h3-7,16H,8-10H2,1-2H3,(H,17,19). The Kier molecular flexibility index (Phi) is 5.93. The van der Waals surface area contributed by atoms with Gasteiger partial charge in [-0.3, -0.25) is 4.79 Å². The number of amides is 1. The van der Waals surface area contributed by atoms with Crippen LogP contribution in [0.2, 0.25) is 0 Å². The van der Waals surface area contributed by atoms with Crippen molar-refractivity contribution in [3.63, 3.8) is 0 Å². The van der Waals surface area contributed by atoms with Crippen molar-refractivity contribution in [2.24, 2.45) is 0 Å². The monoisotopic (exact) mass is 353 g/mol. The van der Waals surface area contributed by atoms with Gasteiger partial charge < -0.3 is 14.6 Å². The average Bonchev–Trinajstić information content (AvgIpc) is 2.97. The van der Waals surface area contributed by atoms with Gasteiger partial charge in [-0.05, 0) is 30.3 Å². The fourth-order valence-electron chi connectivity index (χ4n) is 1.85. The Morgan fingerprint density at radius 3 is 2.50 bits per heavy atom. The average molecular weight is 353 g/mol. The fraction of sp³-hybridized carbons (Fsp3) is 0.333. The Morgan fingerprint density at radius 2 is 1.92 bits per heavy atom. The van der Waals surface area contributed by atoms with Gasteiger partial charge >= 0.3 is 0 Å². The zero-order valence-corrected chi connectivity index (χ0v) is 14.2. The molecule has 24 heavy (non-hydrogen) atoms. The molecule has 0 aliphatic rings. The SMILES string of the molecule is CNS(=O)(=O)Cc1ccc(CNC(=O)COc2cc(C)on2)cc1. The molecule has 1 heterocycles. The van der Waals surface area contributed by atoms with Crippen LogP contribution in [0.3, 0.4) is 0 Å². The van der Waals surface area contributed by atoms with Crippen LogP contribution in [0.4, 0.5) is 0 Å². The molecule has 0 unspecified atom stereocenters. The summed E-state index contributed by atoms with van der Waals surface area (Å²) in [6, 6.07) is 8.55. The predicted octanol–water partition coefficient (Wildman–Crippen LogP) is 0.727. The van der Waals surface area contributed by atoms with Crippen molar-refractivity contribution in [2.75, 3.05) is 13.7 Å². The molecule has 0 spiro atoms. The summed E-state index contributed by atoms with van der Waals surface area (Å²) >= 11 is 0. The molecule has 2 rings (SSSR count). The molecule has 1 aromatic carbocycles. The Morgan fingerprint density at radius 1 is 1.25 bits per heavy atom. The lowest BCUT2D eigenvalue weighted by Gasteiger charge is -2.07. The van der Waals surface area contributed by atoms with Gasteiger partial charge in [0.25, 0.3) is 11.8 Å². The minimum atomic E-state index is -3.29. The third kappa shape index (κ3) is 5.67. The van der Waals surface area contributed by atoms with E-state index in [2.05, 4.69) is 15.2 Å². The summed E-state index contributed by atoms with van der Waals surface area (Å²) in [6.07, 6.45) is 0. The molecule has 2 aromatic rings. The highest BCUT2D eigenvalue weighted by molar-refractivity contribution is 7.88. The van der Waals surface area contributed by atoms with Gasteiger partial charge in [0.2, 0.25) is 10.0 Å². The van der Waals surface area contributed by atoms with Gasteiger partial charge in [-0.1, -0.05) is 24.3 Å². The number of nitrogens with one attached hydrogen (secondary N) is 2. The molecule has 2 N–H and O–H groups in total. The molecule has 0 aliphatic heterocycles. The third-order valence-electron chi connectivity index (χ3n) is 3.14. The first-order chi connectivity index (χ1) is 11.4. The van der Waals surface area contributed by atoms with Gasteiger partial charge in [-0.25, -0.2) is 13.1 Å². The minimum Gasteiger partial charge on any atom is -0.465 e. The molecule has 0 saturated heterocycles. The molecule has 9 heteroatoms. The summed E-state index contributed by atoms with van der Waals surface area (Å²) in [6.45, 7) is 1.88. The third-order valence-corrected chi connectivity index (χ3v) is 4.47. The van der Waals surface area contributed by atoms with Crippen molar-refractivity contribution < 1.29 is 22.5 Å². The summed E-state index contributed by atoms with van der Waals surface area (Å²) in [4.78, 5) is 11.7. The molecule has 0 saturated carbocycles.